The lowest BCUT2D eigenvalue weighted by Gasteiger charge is -2.37. The zero-order valence-corrected chi connectivity index (χ0v) is 23.3. The van der Waals surface area contributed by atoms with Crippen molar-refractivity contribution in [2.45, 2.75) is 32.0 Å². The summed E-state index contributed by atoms with van der Waals surface area (Å²) in [6.45, 7) is 4.72. The van der Waals surface area contributed by atoms with Gasteiger partial charge in [-0.1, -0.05) is 6.07 Å². The number of carbonyl (C=O) groups is 1. The van der Waals surface area contributed by atoms with Crippen LogP contribution in [0.3, 0.4) is 0 Å². The van der Waals surface area contributed by atoms with Crippen LogP contribution in [-0.4, -0.2) is 93.4 Å². The number of carbonyl (C=O) groups excluding carboxylic acids is 1. The van der Waals surface area contributed by atoms with Gasteiger partial charge in [-0.05, 0) is 55.8 Å². The Morgan fingerprint density at radius 1 is 1.02 bits per heavy atom. The molecule has 210 valence electrons. The maximum Gasteiger partial charge on any atom is 0.277 e. The van der Waals surface area contributed by atoms with Crippen molar-refractivity contribution in [3.05, 3.63) is 63.9 Å². The average molecular weight is 546 g/mol. The zero-order chi connectivity index (χ0) is 28.2. The van der Waals surface area contributed by atoms with E-state index in [4.69, 9.17) is 27.0 Å². The van der Waals surface area contributed by atoms with Crippen molar-refractivity contribution >= 4 is 24.8 Å². The SMILES string of the molecule is [B]N(Cc1ccc2c(c1)OCCO2)C1CCN(CCn2c(=O)ccc3c(C(=O)N(C)OC)cc(OC)cc32)CC1. The van der Waals surface area contributed by atoms with E-state index in [0.29, 0.717) is 55.1 Å². The first-order valence-electron chi connectivity index (χ1n) is 13.5. The molecule has 3 aromatic rings. The maximum absolute atomic E-state index is 12.9. The van der Waals surface area contributed by atoms with Gasteiger partial charge in [-0.2, -0.15) is 0 Å². The number of hydrogen-bond acceptors (Lipinski definition) is 8. The third kappa shape index (κ3) is 5.96. The van der Waals surface area contributed by atoms with Crippen LogP contribution in [0.5, 0.6) is 17.2 Å². The third-order valence-corrected chi connectivity index (χ3v) is 7.74. The highest BCUT2D eigenvalue weighted by Crippen LogP contribution is 2.31. The number of likely N-dealkylation sites (tertiary alicyclic amines) is 1. The second-order valence-electron chi connectivity index (χ2n) is 10.1. The van der Waals surface area contributed by atoms with Crippen LogP contribution >= 0.6 is 0 Å². The first-order valence-corrected chi connectivity index (χ1v) is 13.5. The molecule has 0 saturated carbocycles. The van der Waals surface area contributed by atoms with Gasteiger partial charge in [0.05, 0.1) is 25.3 Å². The fourth-order valence-electron chi connectivity index (χ4n) is 5.39. The van der Waals surface area contributed by atoms with Crippen molar-refractivity contribution in [1.29, 1.82) is 0 Å². The van der Waals surface area contributed by atoms with Gasteiger partial charge in [0.1, 0.15) is 19.0 Å². The number of hydroxylamine groups is 2. The highest BCUT2D eigenvalue weighted by atomic mass is 16.7. The minimum Gasteiger partial charge on any atom is -0.497 e. The van der Waals surface area contributed by atoms with Gasteiger partial charge in [0.15, 0.2) is 19.5 Å². The van der Waals surface area contributed by atoms with Gasteiger partial charge in [-0.25, -0.2) is 5.06 Å². The Kier molecular flexibility index (Phi) is 8.63. The Hall–Kier alpha value is -3.54. The molecule has 1 aromatic heterocycles. The number of rotatable bonds is 9. The fraction of sp³-hybridized carbons (Fsp3) is 0.448. The lowest BCUT2D eigenvalue weighted by Crippen LogP contribution is -2.44. The van der Waals surface area contributed by atoms with Gasteiger partial charge in [0.25, 0.3) is 11.5 Å². The summed E-state index contributed by atoms with van der Waals surface area (Å²) in [6.07, 6.45) is 1.86. The maximum atomic E-state index is 12.9. The van der Waals surface area contributed by atoms with E-state index in [9.17, 15) is 9.59 Å². The average Bonchev–Trinajstić information content (AvgIpc) is 2.99. The first-order chi connectivity index (χ1) is 19.4. The smallest absolute Gasteiger partial charge is 0.277 e. The number of hydrogen-bond donors (Lipinski definition) is 0. The molecular formula is C29H35BN4O6. The van der Waals surface area contributed by atoms with E-state index in [2.05, 4.69) is 4.90 Å². The summed E-state index contributed by atoms with van der Waals surface area (Å²) >= 11 is 0. The van der Waals surface area contributed by atoms with Gasteiger partial charge in [-0.3, -0.25) is 14.4 Å². The summed E-state index contributed by atoms with van der Waals surface area (Å²) in [5.41, 5.74) is 2.03. The minimum atomic E-state index is -0.318. The van der Waals surface area contributed by atoms with Crippen LogP contribution in [-0.2, 0) is 17.9 Å². The molecule has 0 N–H and O–H groups in total. The lowest BCUT2D eigenvalue weighted by atomic mass is 9.99. The predicted molar refractivity (Wildman–Crippen MR) is 152 cm³/mol. The molecule has 0 atom stereocenters. The molecule has 2 radical (unpaired) electrons. The van der Waals surface area contributed by atoms with E-state index in [-0.39, 0.29) is 17.5 Å². The third-order valence-electron chi connectivity index (χ3n) is 7.74. The van der Waals surface area contributed by atoms with Crippen LogP contribution in [0.15, 0.2) is 47.3 Å². The molecule has 2 aliphatic rings. The monoisotopic (exact) mass is 546 g/mol. The quantitative estimate of drug-likeness (QED) is 0.299. The highest BCUT2D eigenvalue weighted by molar-refractivity contribution is 6.06. The molecule has 5 rings (SSSR count). The molecule has 2 aliphatic heterocycles. The number of fused-ring (bicyclic) bond motifs is 2. The van der Waals surface area contributed by atoms with Crippen LogP contribution < -0.4 is 19.8 Å². The number of ether oxygens (including phenoxy) is 3. The molecule has 10 nitrogen and oxygen atoms in total. The summed E-state index contributed by atoms with van der Waals surface area (Å²) in [7, 11) is 11.0. The Morgan fingerprint density at radius 3 is 2.50 bits per heavy atom. The lowest BCUT2D eigenvalue weighted by molar-refractivity contribution is -0.0755. The van der Waals surface area contributed by atoms with Crippen LogP contribution in [0.4, 0.5) is 0 Å². The van der Waals surface area contributed by atoms with Gasteiger partial charge < -0.3 is 28.5 Å². The van der Waals surface area contributed by atoms with Crippen molar-refractivity contribution in [1.82, 2.24) is 19.3 Å². The molecule has 0 unspecified atom stereocenters. The van der Waals surface area contributed by atoms with Crippen LogP contribution in [0.25, 0.3) is 10.9 Å². The number of methoxy groups -OCH3 is 1. The molecule has 0 bridgehead atoms. The molecule has 40 heavy (non-hydrogen) atoms. The summed E-state index contributed by atoms with van der Waals surface area (Å²) in [4.78, 5) is 35.2. The Bertz CT molecular complexity index is 1420. The van der Waals surface area contributed by atoms with E-state index < -0.39 is 0 Å². The van der Waals surface area contributed by atoms with E-state index >= 15 is 0 Å². The molecule has 1 saturated heterocycles. The number of aromatic nitrogens is 1. The summed E-state index contributed by atoms with van der Waals surface area (Å²) in [5, 5.41) is 1.83. The van der Waals surface area contributed by atoms with E-state index in [0.717, 1.165) is 48.1 Å². The first kappa shape index (κ1) is 28.0. The van der Waals surface area contributed by atoms with Gasteiger partial charge in [-0.15, -0.1) is 0 Å². The van der Waals surface area contributed by atoms with Crippen LogP contribution in [0.1, 0.15) is 28.8 Å². The minimum absolute atomic E-state index is 0.123. The van der Waals surface area contributed by atoms with Crippen LogP contribution in [0.2, 0.25) is 0 Å². The fourth-order valence-corrected chi connectivity index (χ4v) is 5.39. The van der Waals surface area contributed by atoms with Crippen molar-refractivity contribution in [3.63, 3.8) is 0 Å². The Labute approximate surface area is 235 Å². The number of piperidine rings is 1. The van der Waals surface area contributed by atoms with E-state index in [1.165, 1.54) is 13.2 Å². The molecule has 3 heterocycles. The summed E-state index contributed by atoms with van der Waals surface area (Å²) in [5.74, 6) is 1.74. The van der Waals surface area contributed by atoms with Gasteiger partial charge in [0, 0.05) is 50.2 Å². The largest absolute Gasteiger partial charge is 0.497 e. The Balaban J connectivity index is 1.23. The van der Waals surface area contributed by atoms with Crippen molar-refractivity contribution in [2.75, 3.05) is 54.1 Å². The van der Waals surface area contributed by atoms with Crippen LogP contribution in [0, 0.1) is 0 Å². The number of pyridine rings is 1. The molecular weight excluding hydrogens is 511 g/mol. The Morgan fingerprint density at radius 2 is 1.77 bits per heavy atom. The second kappa shape index (κ2) is 12.3. The zero-order valence-electron chi connectivity index (χ0n) is 23.3. The second-order valence-corrected chi connectivity index (χ2v) is 10.1. The van der Waals surface area contributed by atoms with E-state index in [1.807, 2.05) is 23.0 Å². The number of amides is 1. The number of benzene rings is 2. The topological polar surface area (TPSA) is 85.7 Å². The van der Waals surface area contributed by atoms with Crippen molar-refractivity contribution in [3.8, 4) is 17.2 Å². The molecule has 11 heteroatoms. The van der Waals surface area contributed by atoms with E-state index in [1.54, 1.807) is 36.9 Å². The standard InChI is InChI=1S/C29H35BN4O6/c1-31(38-3)29(36)24-17-22(37-2)18-25-23(24)5-7-28(35)33(25)13-12-32-10-8-21(9-11-32)34(30)19-20-4-6-26-27(16-20)40-15-14-39-26/h4-7,16-18,21H,8-15,19H2,1-3H3. The van der Waals surface area contributed by atoms with Gasteiger partial charge in [0.2, 0.25) is 0 Å². The summed E-state index contributed by atoms with van der Waals surface area (Å²) < 4.78 is 18.5. The molecule has 1 fully saturated rings. The highest BCUT2D eigenvalue weighted by Gasteiger charge is 2.24. The van der Waals surface area contributed by atoms with Crippen molar-refractivity contribution < 1.29 is 23.8 Å². The molecule has 0 aliphatic carbocycles. The molecule has 0 spiro atoms. The number of nitrogens with zero attached hydrogens (tertiary/aromatic N) is 4. The normalized spacial score (nSPS) is 15.9. The molecule has 2 aromatic carbocycles. The van der Waals surface area contributed by atoms with Gasteiger partial charge >= 0.3 is 0 Å². The molecule has 1 amide bonds. The van der Waals surface area contributed by atoms with Crippen molar-refractivity contribution in [2.24, 2.45) is 0 Å². The summed E-state index contributed by atoms with van der Waals surface area (Å²) in [6, 6.07) is 12.9. The predicted octanol–water partition coefficient (Wildman–Crippen LogP) is 2.46.